The van der Waals surface area contributed by atoms with E-state index in [1.165, 1.54) is 19.9 Å². The monoisotopic (exact) mass is 879 g/mol. The van der Waals surface area contributed by atoms with Crippen LogP contribution in [-0.2, 0) is 55.5 Å². The van der Waals surface area contributed by atoms with Crippen LogP contribution in [0.15, 0.2) is 24.8 Å². The molecule has 3 heterocycles. The molecule has 2 unspecified atom stereocenters. The molecule has 1 saturated heterocycles. The van der Waals surface area contributed by atoms with Gasteiger partial charge in [-0.25, -0.2) is 28.6 Å². The number of nitrogen functional groups attached to an aromatic ring is 1. The van der Waals surface area contributed by atoms with E-state index in [-0.39, 0.29) is 48.7 Å². The maximum absolute atomic E-state index is 12.7. The van der Waals surface area contributed by atoms with Gasteiger partial charge in [-0.1, -0.05) is 31.7 Å². The van der Waals surface area contributed by atoms with Crippen LogP contribution in [0.3, 0.4) is 0 Å². The van der Waals surface area contributed by atoms with Crippen molar-refractivity contribution in [2.75, 3.05) is 37.8 Å². The number of nitrogens with one attached hydrogen (secondary N) is 2. The van der Waals surface area contributed by atoms with Gasteiger partial charge < -0.3 is 56.0 Å². The largest absolute Gasteiger partial charge is 0.481 e. The number of imidazole rings is 1. The minimum atomic E-state index is -5.59. The number of carbonyl (C=O) groups is 4. The number of aliphatic carboxylic acids is 1. The van der Waals surface area contributed by atoms with E-state index in [1.807, 2.05) is 0 Å². The average Bonchev–Trinajstić information content (AvgIpc) is 3.64. The highest BCUT2D eigenvalue weighted by Gasteiger charge is 2.50. The molecule has 7 atom stereocenters. The van der Waals surface area contributed by atoms with E-state index in [4.69, 9.17) is 24.6 Å². The van der Waals surface area contributed by atoms with Gasteiger partial charge in [0.05, 0.1) is 26.0 Å². The Bertz CT molecular complexity index is 1910. The van der Waals surface area contributed by atoms with E-state index >= 15 is 0 Å². The van der Waals surface area contributed by atoms with Crippen LogP contribution in [-0.4, -0.2) is 134 Å². The molecule has 1 fully saturated rings. The summed E-state index contributed by atoms with van der Waals surface area (Å²) in [5.74, 6) is -2.50. The quantitative estimate of drug-likeness (QED) is 0.0373. The van der Waals surface area contributed by atoms with Crippen molar-refractivity contribution in [3.63, 3.8) is 0 Å². The predicted octanol–water partition coefficient (Wildman–Crippen LogP) is -1.30. The highest BCUT2D eigenvalue weighted by molar-refractivity contribution is 8.14. The fourth-order valence-corrected chi connectivity index (χ4v) is 8.01. The molecule has 0 spiro atoms. The number of aliphatic hydroxyl groups is 2. The van der Waals surface area contributed by atoms with Crippen LogP contribution in [0.4, 0.5) is 5.82 Å². The number of anilines is 1. The van der Waals surface area contributed by atoms with Crippen LogP contribution >= 0.6 is 35.2 Å². The number of aliphatic hydroxyl groups excluding tert-OH is 2. The number of phosphoric acid groups is 3. The topological polar surface area (TPSA) is 401 Å². The van der Waals surface area contributed by atoms with Crippen molar-refractivity contribution in [3.05, 3.63) is 24.8 Å². The van der Waals surface area contributed by atoms with E-state index in [1.54, 1.807) is 0 Å². The zero-order valence-electron chi connectivity index (χ0n) is 29.3. The minimum absolute atomic E-state index is 0.0192. The first-order chi connectivity index (χ1) is 25.9. The normalized spacial score (nSPS) is 21.7. The molecule has 56 heavy (non-hydrogen) atoms. The second kappa shape index (κ2) is 20.0. The molecule has 0 bridgehead atoms. The van der Waals surface area contributed by atoms with E-state index in [0.717, 1.165) is 35.1 Å². The van der Waals surface area contributed by atoms with Crippen molar-refractivity contribution in [1.82, 2.24) is 30.2 Å². The second-order valence-electron chi connectivity index (χ2n) is 12.2. The van der Waals surface area contributed by atoms with Gasteiger partial charge in [0, 0.05) is 30.7 Å². The number of carboxylic acids is 1. The van der Waals surface area contributed by atoms with Crippen LogP contribution in [0.25, 0.3) is 11.2 Å². The second-order valence-corrected chi connectivity index (χ2v) is 17.6. The summed E-state index contributed by atoms with van der Waals surface area (Å²) in [5.41, 5.74) is 4.20. The fourth-order valence-electron chi connectivity index (χ4n) is 4.59. The predicted molar refractivity (Wildman–Crippen MR) is 188 cm³/mol. The molecule has 2 amide bonds. The van der Waals surface area contributed by atoms with E-state index in [9.17, 15) is 62.7 Å². The zero-order valence-corrected chi connectivity index (χ0v) is 32.8. The molecular formula is C26H40N7O19P3S. The lowest BCUT2D eigenvalue weighted by Crippen LogP contribution is -2.46. The van der Waals surface area contributed by atoms with Gasteiger partial charge in [0.1, 0.15) is 36.3 Å². The van der Waals surface area contributed by atoms with Gasteiger partial charge in [0.15, 0.2) is 17.7 Å². The first kappa shape index (κ1) is 47.1. The number of nitrogens with zero attached hydrogens (tertiary/aromatic N) is 4. The van der Waals surface area contributed by atoms with Gasteiger partial charge in [-0.15, -0.1) is 0 Å². The minimum Gasteiger partial charge on any atom is -0.481 e. The maximum Gasteiger partial charge on any atom is 0.481 e. The summed E-state index contributed by atoms with van der Waals surface area (Å²) < 4.78 is 61.9. The summed E-state index contributed by atoms with van der Waals surface area (Å²) in [5, 5.41) is 34.3. The number of hydrogen-bond donors (Lipinski definition) is 10. The van der Waals surface area contributed by atoms with Crippen molar-refractivity contribution < 1.29 is 90.4 Å². The Kier molecular flexibility index (Phi) is 16.8. The van der Waals surface area contributed by atoms with Gasteiger partial charge in [0.25, 0.3) is 0 Å². The first-order valence-electron chi connectivity index (χ1n) is 15.9. The molecule has 26 nitrogen and oxygen atoms in total. The molecule has 1 aliphatic rings. The average molecular weight is 880 g/mol. The smallest absolute Gasteiger partial charge is 0.481 e. The fraction of sp³-hybridized carbons (Fsp3) is 0.577. The summed E-state index contributed by atoms with van der Waals surface area (Å²) in [4.78, 5) is 97.4. The van der Waals surface area contributed by atoms with Crippen LogP contribution in [0.2, 0.25) is 0 Å². The molecule has 314 valence electrons. The number of thioether (sulfide) groups is 1. The third-order valence-electron chi connectivity index (χ3n) is 7.29. The molecule has 0 aliphatic carbocycles. The van der Waals surface area contributed by atoms with Gasteiger partial charge >= 0.3 is 29.4 Å². The molecule has 11 N–H and O–H groups in total. The van der Waals surface area contributed by atoms with Gasteiger partial charge in [0.2, 0.25) is 16.9 Å². The van der Waals surface area contributed by atoms with Crippen LogP contribution in [0, 0.1) is 5.41 Å². The third-order valence-corrected chi connectivity index (χ3v) is 11.2. The number of ether oxygens (including phenoxy) is 1. The van der Waals surface area contributed by atoms with Crippen LogP contribution in [0.5, 0.6) is 0 Å². The number of phosphoric ester groups is 3. The molecule has 1 aliphatic heterocycles. The highest BCUT2D eigenvalue weighted by atomic mass is 32.2. The maximum atomic E-state index is 12.7. The van der Waals surface area contributed by atoms with Crippen molar-refractivity contribution in [2.45, 2.75) is 57.3 Å². The van der Waals surface area contributed by atoms with Crippen LogP contribution < -0.4 is 16.4 Å². The number of carbonyl (C=O) groups excluding carboxylic acids is 3. The lowest BCUT2D eigenvalue weighted by molar-refractivity contribution is -0.137. The summed E-state index contributed by atoms with van der Waals surface area (Å²) in [6.45, 7) is 0.211. The van der Waals surface area contributed by atoms with E-state index in [2.05, 4.69) is 34.4 Å². The number of aromatic nitrogens is 4. The zero-order chi connectivity index (χ0) is 42.1. The Morgan fingerprint density at radius 3 is 2.41 bits per heavy atom. The number of amides is 2. The summed E-state index contributed by atoms with van der Waals surface area (Å²) in [6, 6.07) is 0. The third kappa shape index (κ3) is 14.6. The molecular weight excluding hydrogens is 839 g/mol. The molecule has 3 rings (SSSR count). The number of rotatable bonds is 22. The van der Waals surface area contributed by atoms with Crippen molar-refractivity contribution in [2.24, 2.45) is 5.41 Å². The number of hydrogen-bond acceptors (Lipinski definition) is 19. The van der Waals surface area contributed by atoms with Gasteiger partial charge in [-0.3, -0.25) is 37.3 Å². The Hall–Kier alpha value is -3.23. The van der Waals surface area contributed by atoms with Gasteiger partial charge in [-0.2, -0.15) is 4.31 Å². The lowest BCUT2D eigenvalue weighted by atomic mass is 9.87. The Morgan fingerprint density at radius 2 is 1.75 bits per heavy atom. The van der Waals surface area contributed by atoms with Gasteiger partial charge in [-0.05, 0) is 6.08 Å². The SMILES string of the molecule is CC(C)(COP(=O)(O)OP(=O)(O)OC[C@H]1O[C@@H](n2cnc3c(N)ncnc32)[C@H](O)[C@@H]1OP(=O)(O)O)[C@@H](O)C(=O)NCCC(=O)NCCSC(=O)/C=C/CC(=O)O. The van der Waals surface area contributed by atoms with Crippen molar-refractivity contribution >= 4 is 75.1 Å². The van der Waals surface area contributed by atoms with Crippen molar-refractivity contribution in [1.29, 1.82) is 0 Å². The molecule has 0 radical (unpaired) electrons. The number of nitrogens with two attached hydrogens (primary N) is 1. The summed E-state index contributed by atoms with van der Waals surface area (Å²) in [6.07, 6.45) is -5.12. The Labute approximate surface area is 320 Å². The molecule has 0 saturated carbocycles. The van der Waals surface area contributed by atoms with E-state index in [0.29, 0.717) is 0 Å². The standard InChI is InChI=1S/C26H40N7O19P3S/c1-26(2,21(39)24(40)29-7-6-15(34)28-8-9-56-17(37)5-3-4-16(35)36)11-49-55(46,47)52-54(44,45)48-10-14-20(51-53(41,42)43)19(38)25(50-14)33-13-32-18-22(27)30-12-31-23(18)33/h3,5,12-14,19-21,25,38-39H,4,6-11H2,1-2H3,(H,28,34)(H,29,40)(H,35,36)(H,44,45)(H,46,47)(H2,27,30,31)(H2,41,42,43)/b5-3+/t14-,19-,20-,21+,25-/m1/s1. The molecule has 2 aromatic rings. The number of carboxylic acid groups (broad SMARTS) is 1. The molecule has 30 heteroatoms. The Balaban J connectivity index is 1.48. The Morgan fingerprint density at radius 1 is 1.07 bits per heavy atom. The highest BCUT2D eigenvalue weighted by Crippen LogP contribution is 2.61. The summed E-state index contributed by atoms with van der Waals surface area (Å²) in [7, 11) is -16.4. The van der Waals surface area contributed by atoms with E-state index < -0.39 is 95.6 Å². The first-order valence-corrected chi connectivity index (χ1v) is 21.4. The lowest BCUT2D eigenvalue weighted by Gasteiger charge is -2.30. The number of fused-ring (bicyclic) bond motifs is 1. The summed E-state index contributed by atoms with van der Waals surface area (Å²) >= 11 is 0.842. The molecule has 2 aromatic heterocycles. The molecule has 0 aromatic carbocycles. The van der Waals surface area contributed by atoms with Crippen molar-refractivity contribution in [3.8, 4) is 0 Å². The van der Waals surface area contributed by atoms with Crippen LogP contribution in [0.1, 0.15) is 32.9 Å².